The lowest BCUT2D eigenvalue weighted by molar-refractivity contribution is 0.0535. The van der Waals surface area contributed by atoms with Gasteiger partial charge in [-0.2, -0.15) is 0 Å². The first-order valence-corrected chi connectivity index (χ1v) is 11.0. The van der Waals surface area contributed by atoms with Gasteiger partial charge in [0, 0.05) is 44.1 Å². The van der Waals surface area contributed by atoms with Gasteiger partial charge in [-0.15, -0.1) is 0 Å². The van der Waals surface area contributed by atoms with Gasteiger partial charge in [0.05, 0.1) is 16.1 Å². The van der Waals surface area contributed by atoms with Gasteiger partial charge in [-0.1, -0.05) is 41.9 Å². The Morgan fingerprint density at radius 3 is 2.06 bits per heavy atom. The van der Waals surface area contributed by atoms with E-state index in [0.29, 0.717) is 38.3 Å². The van der Waals surface area contributed by atoms with Crippen LogP contribution in [-0.4, -0.2) is 52.4 Å². The number of amides is 2. The fraction of sp³-hybridized carbons (Fsp3) is 0.280. The summed E-state index contributed by atoms with van der Waals surface area (Å²) in [7, 11) is 0. The molecule has 4 rings (SSSR count). The molecule has 7 heteroatoms. The van der Waals surface area contributed by atoms with E-state index < -0.39 is 5.82 Å². The monoisotopic (exact) mass is 453 g/mol. The van der Waals surface area contributed by atoms with E-state index in [4.69, 9.17) is 11.6 Å². The summed E-state index contributed by atoms with van der Waals surface area (Å²) in [6.07, 6.45) is 0. The van der Waals surface area contributed by atoms with Crippen molar-refractivity contribution in [2.75, 3.05) is 26.2 Å². The van der Waals surface area contributed by atoms with Crippen LogP contribution in [0.2, 0.25) is 5.02 Å². The van der Waals surface area contributed by atoms with Gasteiger partial charge in [-0.3, -0.25) is 9.59 Å². The van der Waals surface area contributed by atoms with Gasteiger partial charge in [-0.05, 0) is 43.7 Å². The standard InChI is InChI=1S/C25H25ClFN3O2/c1-17-14-22(18(2)30(17)16-19-6-4-3-5-7-19)25(32)29-12-10-28(11-13-29)24(31)21-9-8-20(27)15-23(21)26/h3-9,14-15H,10-13,16H2,1-2H3. The molecule has 2 amide bonds. The molecule has 3 aromatic rings. The Balaban J connectivity index is 1.43. The molecule has 0 unspecified atom stereocenters. The summed E-state index contributed by atoms with van der Waals surface area (Å²) >= 11 is 6.04. The molecule has 5 nitrogen and oxygen atoms in total. The number of hydrogen-bond donors (Lipinski definition) is 0. The number of nitrogens with zero attached hydrogens (tertiary/aromatic N) is 3. The minimum absolute atomic E-state index is 0.0238. The summed E-state index contributed by atoms with van der Waals surface area (Å²) in [5.74, 6) is -0.751. The summed E-state index contributed by atoms with van der Waals surface area (Å²) < 4.78 is 15.4. The molecular weight excluding hydrogens is 429 g/mol. The summed E-state index contributed by atoms with van der Waals surface area (Å²) in [6, 6.07) is 15.9. The molecule has 2 aromatic carbocycles. The van der Waals surface area contributed by atoms with Gasteiger partial charge in [-0.25, -0.2) is 4.39 Å². The van der Waals surface area contributed by atoms with E-state index in [2.05, 4.69) is 16.7 Å². The third kappa shape index (κ3) is 4.41. The van der Waals surface area contributed by atoms with Gasteiger partial charge in [0.15, 0.2) is 0 Å². The minimum atomic E-state index is -0.480. The van der Waals surface area contributed by atoms with Crippen molar-refractivity contribution in [3.63, 3.8) is 0 Å². The number of aryl methyl sites for hydroxylation is 1. The molecule has 0 N–H and O–H groups in total. The summed E-state index contributed by atoms with van der Waals surface area (Å²) in [5, 5.41) is 0.0966. The van der Waals surface area contributed by atoms with Gasteiger partial charge < -0.3 is 14.4 Å². The van der Waals surface area contributed by atoms with E-state index in [1.807, 2.05) is 38.1 Å². The van der Waals surface area contributed by atoms with Crippen LogP contribution >= 0.6 is 11.6 Å². The van der Waals surface area contributed by atoms with E-state index in [0.717, 1.165) is 17.5 Å². The van der Waals surface area contributed by atoms with Crippen LogP contribution in [0.4, 0.5) is 4.39 Å². The first-order valence-electron chi connectivity index (χ1n) is 10.6. The lowest BCUT2D eigenvalue weighted by Gasteiger charge is -2.35. The Hall–Kier alpha value is -3.12. The van der Waals surface area contributed by atoms with Crippen LogP contribution in [0.5, 0.6) is 0 Å². The van der Waals surface area contributed by atoms with Crippen LogP contribution in [0.1, 0.15) is 37.7 Å². The fourth-order valence-electron chi connectivity index (χ4n) is 4.14. The Morgan fingerprint density at radius 1 is 0.875 bits per heavy atom. The summed E-state index contributed by atoms with van der Waals surface area (Å²) in [4.78, 5) is 29.4. The second-order valence-corrected chi connectivity index (χ2v) is 8.47. The number of carbonyl (C=O) groups is 2. The third-order valence-corrected chi connectivity index (χ3v) is 6.32. The second kappa shape index (κ2) is 9.17. The van der Waals surface area contributed by atoms with Crippen LogP contribution < -0.4 is 0 Å². The maximum Gasteiger partial charge on any atom is 0.255 e. The lowest BCUT2D eigenvalue weighted by Crippen LogP contribution is -2.50. The van der Waals surface area contributed by atoms with E-state index >= 15 is 0 Å². The molecule has 2 heterocycles. The molecule has 0 atom stereocenters. The Labute approximate surface area is 192 Å². The molecule has 0 bridgehead atoms. The van der Waals surface area contributed by atoms with Crippen molar-refractivity contribution in [1.82, 2.24) is 14.4 Å². The maximum absolute atomic E-state index is 13.3. The van der Waals surface area contributed by atoms with Crippen molar-refractivity contribution in [3.05, 3.63) is 93.5 Å². The van der Waals surface area contributed by atoms with E-state index in [1.54, 1.807) is 9.80 Å². The van der Waals surface area contributed by atoms with Crippen molar-refractivity contribution in [2.45, 2.75) is 20.4 Å². The molecule has 1 aliphatic rings. The fourth-order valence-corrected chi connectivity index (χ4v) is 4.39. The number of rotatable bonds is 4. The number of benzene rings is 2. The van der Waals surface area contributed by atoms with Crippen LogP contribution in [0.25, 0.3) is 0 Å². The number of hydrogen-bond acceptors (Lipinski definition) is 2. The van der Waals surface area contributed by atoms with E-state index in [1.165, 1.54) is 17.7 Å². The van der Waals surface area contributed by atoms with Crippen molar-refractivity contribution in [1.29, 1.82) is 0 Å². The summed E-state index contributed by atoms with van der Waals surface area (Å²) in [6.45, 7) is 6.38. The number of piperazine rings is 1. The van der Waals surface area contributed by atoms with Crippen LogP contribution in [0.15, 0.2) is 54.6 Å². The number of halogens is 2. The smallest absolute Gasteiger partial charge is 0.255 e. The number of carbonyl (C=O) groups excluding carboxylic acids is 2. The zero-order valence-corrected chi connectivity index (χ0v) is 18.9. The van der Waals surface area contributed by atoms with Crippen molar-refractivity contribution >= 4 is 23.4 Å². The SMILES string of the molecule is Cc1cc(C(=O)N2CCN(C(=O)c3ccc(F)cc3Cl)CC2)c(C)n1Cc1ccccc1. The average Bonchev–Trinajstić information content (AvgIpc) is 3.07. The Morgan fingerprint density at radius 2 is 1.47 bits per heavy atom. The molecule has 1 aromatic heterocycles. The lowest BCUT2D eigenvalue weighted by atomic mass is 10.1. The highest BCUT2D eigenvalue weighted by molar-refractivity contribution is 6.33. The molecule has 0 spiro atoms. The van der Waals surface area contributed by atoms with Gasteiger partial charge in [0.2, 0.25) is 0 Å². The second-order valence-electron chi connectivity index (χ2n) is 8.07. The average molecular weight is 454 g/mol. The van der Waals surface area contributed by atoms with E-state index in [-0.39, 0.29) is 22.4 Å². The van der Waals surface area contributed by atoms with E-state index in [9.17, 15) is 14.0 Å². The molecular formula is C25H25ClFN3O2. The highest BCUT2D eigenvalue weighted by Gasteiger charge is 2.28. The molecule has 166 valence electrons. The molecule has 0 radical (unpaired) electrons. The minimum Gasteiger partial charge on any atom is -0.344 e. The van der Waals surface area contributed by atoms with Crippen LogP contribution in [0, 0.1) is 19.7 Å². The molecule has 32 heavy (non-hydrogen) atoms. The van der Waals surface area contributed by atoms with Crippen molar-refractivity contribution in [3.8, 4) is 0 Å². The first-order chi connectivity index (χ1) is 15.3. The Kier molecular flexibility index (Phi) is 6.33. The van der Waals surface area contributed by atoms with Crippen LogP contribution in [-0.2, 0) is 6.54 Å². The molecule has 1 aliphatic heterocycles. The largest absolute Gasteiger partial charge is 0.344 e. The topological polar surface area (TPSA) is 45.6 Å². The maximum atomic E-state index is 13.3. The van der Waals surface area contributed by atoms with Crippen LogP contribution in [0.3, 0.4) is 0 Å². The van der Waals surface area contributed by atoms with Crippen molar-refractivity contribution in [2.24, 2.45) is 0 Å². The Bertz CT molecular complexity index is 1150. The quantitative estimate of drug-likeness (QED) is 0.582. The predicted octanol–water partition coefficient (Wildman–Crippen LogP) is 4.54. The van der Waals surface area contributed by atoms with Crippen molar-refractivity contribution < 1.29 is 14.0 Å². The zero-order chi connectivity index (χ0) is 22.8. The highest BCUT2D eigenvalue weighted by atomic mass is 35.5. The number of aromatic nitrogens is 1. The predicted molar refractivity (Wildman–Crippen MR) is 123 cm³/mol. The molecule has 1 saturated heterocycles. The zero-order valence-electron chi connectivity index (χ0n) is 18.1. The first kappa shape index (κ1) is 22.1. The summed E-state index contributed by atoms with van der Waals surface area (Å²) in [5.41, 5.74) is 4.12. The van der Waals surface area contributed by atoms with Gasteiger partial charge in [0.25, 0.3) is 11.8 Å². The highest BCUT2D eigenvalue weighted by Crippen LogP contribution is 2.22. The normalized spacial score (nSPS) is 14.0. The third-order valence-electron chi connectivity index (χ3n) is 6.00. The molecule has 0 saturated carbocycles. The molecule has 0 aliphatic carbocycles. The van der Waals surface area contributed by atoms with Gasteiger partial charge >= 0.3 is 0 Å². The molecule has 1 fully saturated rings. The van der Waals surface area contributed by atoms with Gasteiger partial charge in [0.1, 0.15) is 5.82 Å².